The fourth-order valence-electron chi connectivity index (χ4n) is 4.06. The molecule has 140 valence electrons. The highest BCUT2D eigenvalue weighted by atomic mass is 16.5. The van der Waals surface area contributed by atoms with E-state index in [1.807, 2.05) is 30.3 Å². The van der Waals surface area contributed by atoms with Crippen LogP contribution in [0.5, 0.6) is 5.75 Å². The topological polar surface area (TPSA) is 65.5 Å². The van der Waals surface area contributed by atoms with Crippen LogP contribution in [0.2, 0.25) is 0 Å². The molecule has 0 amide bonds. The van der Waals surface area contributed by atoms with Crippen LogP contribution in [0.1, 0.15) is 45.4 Å². The fraction of sp³-hybridized carbons (Fsp3) is 0.409. The number of pyridine rings is 1. The standard InChI is InChI=1S/C22H23NO4/c1-13(24)20-9-15(21(25)10-17-18-11-27-12-19(17)18)8-16(23-20)7-14-5-3-4-6-22(14)26-2/h3-6,8-9,17-19H,7,10-12H2,1-2H3/t17?,18-,19+. The van der Waals surface area contributed by atoms with Gasteiger partial charge in [0.2, 0.25) is 0 Å². The molecule has 27 heavy (non-hydrogen) atoms. The van der Waals surface area contributed by atoms with E-state index in [2.05, 4.69) is 4.98 Å². The zero-order valence-corrected chi connectivity index (χ0v) is 15.6. The molecular weight excluding hydrogens is 342 g/mol. The molecule has 1 aromatic carbocycles. The molecule has 1 aliphatic heterocycles. The second-order valence-corrected chi connectivity index (χ2v) is 7.43. The molecular formula is C22H23NO4. The van der Waals surface area contributed by atoms with Gasteiger partial charge in [0.15, 0.2) is 11.6 Å². The maximum absolute atomic E-state index is 12.8. The Balaban J connectivity index is 1.58. The predicted molar refractivity (Wildman–Crippen MR) is 100 cm³/mol. The van der Waals surface area contributed by atoms with Crippen LogP contribution in [0.3, 0.4) is 0 Å². The van der Waals surface area contributed by atoms with Gasteiger partial charge in [-0.15, -0.1) is 0 Å². The summed E-state index contributed by atoms with van der Waals surface area (Å²) in [4.78, 5) is 29.2. The van der Waals surface area contributed by atoms with Gasteiger partial charge in [0.05, 0.1) is 20.3 Å². The van der Waals surface area contributed by atoms with Crippen molar-refractivity contribution in [2.75, 3.05) is 20.3 Å². The number of hydrogen-bond acceptors (Lipinski definition) is 5. The molecule has 2 heterocycles. The fourth-order valence-corrected chi connectivity index (χ4v) is 4.06. The summed E-state index contributed by atoms with van der Waals surface area (Å²) in [6.07, 6.45) is 1.03. The highest BCUT2D eigenvalue weighted by Gasteiger charge is 2.54. The number of fused-ring (bicyclic) bond motifs is 1. The van der Waals surface area contributed by atoms with Gasteiger partial charge in [-0.25, -0.2) is 4.98 Å². The second-order valence-electron chi connectivity index (χ2n) is 7.43. The van der Waals surface area contributed by atoms with E-state index in [1.165, 1.54) is 6.92 Å². The monoisotopic (exact) mass is 365 g/mol. The SMILES string of the molecule is COc1ccccc1Cc1cc(C(=O)CC2[C@H]3COC[C@@H]23)cc(C(C)=O)n1. The molecule has 0 N–H and O–H groups in total. The first-order chi connectivity index (χ1) is 13.1. The van der Waals surface area contributed by atoms with Gasteiger partial charge in [0, 0.05) is 36.6 Å². The van der Waals surface area contributed by atoms with Gasteiger partial charge in [-0.3, -0.25) is 9.59 Å². The Hall–Kier alpha value is -2.53. The van der Waals surface area contributed by atoms with Gasteiger partial charge in [-0.05, 0) is 36.0 Å². The van der Waals surface area contributed by atoms with Crippen LogP contribution in [0.25, 0.3) is 0 Å². The second kappa shape index (κ2) is 7.24. The molecule has 4 rings (SSSR count). The first-order valence-electron chi connectivity index (χ1n) is 9.31. The van der Waals surface area contributed by atoms with Crippen molar-refractivity contribution in [3.8, 4) is 5.75 Å². The Morgan fingerprint density at radius 1 is 1.19 bits per heavy atom. The molecule has 3 atom stereocenters. The summed E-state index contributed by atoms with van der Waals surface area (Å²) >= 11 is 0. The van der Waals surface area contributed by atoms with Gasteiger partial charge in [0.1, 0.15) is 11.4 Å². The van der Waals surface area contributed by atoms with E-state index in [0.717, 1.165) is 24.5 Å². The summed E-state index contributed by atoms with van der Waals surface area (Å²) in [5, 5.41) is 0. The van der Waals surface area contributed by atoms with E-state index in [-0.39, 0.29) is 11.6 Å². The average molecular weight is 365 g/mol. The number of para-hydroxylation sites is 1. The molecule has 1 unspecified atom stereocenters. The van der Waals surface area contributed by atoms with Crippen molar-refractivity contribution in [3.63, 3.8) is 0 Å². The summed E-state index contributed by atoms with van der Waals surface area (Å²) in [7, 11) is 1.63. The first-order valence-corrected chi connectivity index (χ1v) is 9.31. The smallest absolute Gasteiger partial charge is 0.178 e. The van der Waals surface area contributed by atoms with Gasteiger partial charge in [-0.2, -0.15) is 0 Å². The van der Waals surface area contributed by atoms with E-state index >= 15 is 0 Å². The summed E-state index contributed by atoms with van der Waals surface area (Å²) in [5.74, 6) is 2.22. The number of methoxy groups -OCH3 is 1. The summed E-state index contributed by atoms with van der Waals surface area (Å²) < 4.78 is 10.8. The zero-order chi connectivity index (χ0) is 19.0. The Morgan fingerprint density at radius 2 is 1.93 bits per heavy atom. The molecule has 5 nitrogen and oxygen atoms in total. The number of carbonyl (C=O) groups excluding carboxylic acids is 2. The number of Topliss-reactive ketones (excluding diaryl/α,β-unsaturated/α-hetero) is 2. The quantitative estimate of drug-likeness (QED) is 0.704. The van der Waals surface area contributed by atoms with Crippen molar-refractivity contribution in [2.24, 2.45) is 17.8 Å². The molecule has 0 radical (unpaired) electrons. The van der Waals surface area contributed by atoms with Crippen LogP contribution < -0.4 is 4.74 Å². The third-order valence-corrected chi connectivity index (χ3v) is 5.68. The van der Waals surface area contributed by atoms with Crippen molar-refractivity contribution in [1.82, 2.24) is 4.98 Å². The Morgan fingerprint density at radius 3 is 2.63 bits per heavy atom. The van der Waals surface area contributed by atoms with E-state index < -0.39 is 0 Å². The van der Waals surface area contributed by atoms with Crippen LogP contribution >= 0.6 is 0 Å². The normalized spacial score (nSPS) is 23.0. The molecule has 0 bridgehead atoms. The van der Waals surface area contributed by atoms with Gasteiger partial charge >= 0.3 is 0 Å². The third-order valence-electron chi connectivity index (χ3n) is 5.68. The number of aromatic nitrogens is 1. The highest BCUT2D eigenvalue weighted by molar-refractivity contribution is 6.00. The summed E-state index contributed by atoms with van der Waals surface area (Å²) in [5.41, 5.74) is 2.59. The lowest BCUT2D eigenvalue weighted by atomic mass is 10.00. The maximum atomic E-state index is 12.8. The Labute approximate surface area is 158 Å². The number of hydrogen-bond donors (Lipinski definition) is 0. The number of carbonyl (C=O) groups is 2. The van der Waals surface area contributed by atoms with E-state index in [9.17, 15) is 9.59 Å². The molecule has 1 aliphatic carbocycles. The number of rotatable bonds is 7. The number of ketones is 2. The van der Waals surface area contributed by atoms with Crippen molar-refractivity contribution in [3.05, 3.63) is 58.9 Å². The Kier molecular flexibility index (Phi) is 4.79. The average Bonchev–Trinajstić information content (AvgIpc) is 3.09. The van der Waals surface area contributed by atoms with Crippen LogP contribution in [-0.2, 0) is 11.2 Å². The number of ether oxygens (including phenoxy) is 2. The summed E-state index contributed by atoms with van der Waals surface area (Å²) in [6, 6.07) is 11.2. The van der Waals surface area contributed by atoms with Crippen LogP contribution in [0, 0.1) is 17.8 Å². The molecule has 1 saturated carbocycles. The minimum atomic E-state index is -0.136. The van der Waals surface area contributed by atoms with Crippen LogP contribution in [-0.4, -0.2) is 36.9 Å². The molecule has 1 saturated heterocycles. The van der Waals surface area contributed by atoms with E-state index in [1.54, 1.807) is 13.2 Å². The Bertz CT molecular complexity index is 882. The molecule has 2 aromatic rings. The molecule has 5 heteroatoms. The molecule has 2 fully saturated rings. The largest absolute Gasteiger partial charge is 0.496 e. The van der Waals surface area contributed by atoms with Gasteiger partial charge in [0.25, 0.3) is 0 Å². The lowest BCUT2D eigenvalue weighted by molar-refractivity contribution is 0.0950. The van der Waals surface area contributed by atoms with Crippen molar-refractivity contribution in [2.45, 2.75) is 19.8 Å². The first kappa shape index (κ1) is 17.9. The number of benzene rings is 1. The van der Waals surface area contributed by atoms with Crippen LogP contribution in [0.4, 0.5) is 0 Å². The molecule has 2 aliphatic rings. The van der Waals surface area contributed by atoms with E-state index in [4.69, 9.17) is 9.47 Å². The number of nitrogens with zero attached hydrogens (tertiary/aromatic N) is 1. The van der Waals surface area contributed by atoms with Crippen molar-refractivity contribution in [1.29, 1.82) is 0 Å². The van der Waals surface area contributed by atoms with Gasteiger partial charge in [-0.1, -0.05) is 18.2 Å². The lowest BCUT2D eigenvalue weighted by Gasteiger charge is -2.10. The molecule has 1 aromatic heterocycles. The lowest BCUT2D eigenvalue weighted by Crippen LogP contribution is -2.10. The minimum Gasteiger partial charge on any atom is -0.496 e. The summed E-state index contributed by atoms with van der Waals surface area (Å²) in [6.45, 7) is 3.03. The molecule has 0 spiro atoms. The third kappa shape index (κ3) is 3.65. The highest BCUT2D eigenvalue weighted by Crippen LogP contribution is 2.52. The van der Waals surface area contributed by atoms with Gasteiger partial charge < -0.3 is 9.47 Å². The van der Waals surface area contributed by atoms with Crippen molar-refractivity contribution < 1.29 is 19.1 Å². The van der Waals surface area contributed by atoms with Crippen molar-refractivity contribution >= 4 is 11.6 Å². The minimum absolute atomic E-state index is 0.0839. The van der Waals surface area contributed by atoms with E-state index in [0.29, 0.717) is 47.5 Å². The maximum Gasteiger partial charge on any atom is 0.178 e. The van der Waals surface area contributed by atoms with Crippen LogP contribution in [0.15, 0.2) is 36.4 Å². The predicted octanol–water partition coefficient (Wildman–Crippen LogP) is 3.35. The zero-order valence-electron chi connectivity index (χ0n) is 15.6.